The van der Waals surface area contributed by atoms with Crippen LogP contribution in [0.1, 0.15) is 31.2 Å². The molecule has 0 bridgehead atoms. The molecule has 2 unspecified atom stereocenters. The number of rotatable bonds is 3. The van der Waals surface area contributed by atoms with Gasteiger partial charge in [-0.3, -0.25) is 0 Å². The molecule has 17 heavy (non-hydrogen) atoms. The summed E-state index contributed by atoms with van der Waals surface area (Å²) in [6, 6.07) is 5.64. The molecule has 0 saturated heterocycles. The molecule has 1 aromatic carbocycles. The van der Waals surface area contributed by atoms with E-state index in [0.717, 1.165) is 24.9 Å². The quantitative estimate of drug-likeness (QED) is 0.873. The van der Waals surface area contributed by atoms with E-state index < -0.39 is 0 Å². The zero-order valence-electron chi connectivity index (χ0n) is 9.76. The summed E-state index contributed by atoms with van der Waals surface area (Å²) in [5.74, 6) is -0.366. The molecule has 94 valence electrons. The smallest absolute Gasteiger partial charge is 0.141 e. The van der Waals surface area contributed by atoms with Gasteiger partial charge in [0.15, 0.2) is 0 Å². The van der Waals surface area contributed by atoms with E-state index >= 15 is 0 Å². The van der Waals surface area contributed by atoms with Crippen molar-refractivity contribution < 1.29 is 4.39 Å². The number of halogens is 2. The number of nitrogens with two attached hydrogens (primary N) is 1. The van der Waals surface area contributed by atoms with Crippen LogP contribution in [-0.2, 0) is 6.54 Å². The van der Waals surface area contributed by atoms with Gasteiger partial charge in [-0.05, 0) is 37.0 Å². The predicted molar refractivity (Wildman–Crippen MR) is 68.5 cm³/mol. The summed E-state index contributed by atoms with van der Waals surface area (Å²) >= 11 is 5.74. The fourth-order valence-corrected chi connectivity index (χ4v) is 2.53. The Labute approximate surface area is 106 Å². The molecular formula is C13H18ClFN2. The Morgan fingerprint density at radius 1 is 1.41 bits per heavy atom. The average molecular weight is 257 g/mol. The van der Waals surface area contributed by atoms with Crippen LogP contribution in [0.5, 0.6) is 0 Å². The monoisotopic (exact) mass is 256 g/mol. The van der Waals surface area contributed by atoms with Gasteiger partial charge in [0, 0.05) is 18.6 Å². The first kappa shape index (κ1) is 12.8. The van der Waals surface area contributed by atoms with Gasteiger partial charge in [-0.1, -0.05) is 24.1 Å². The molecule has 0 aromatic heterocycles. The van der Waals surface area contributed by atoms with Crippen molar-refractivity contribution in [3.05, 3.63) is 34.6 Å². The minimum Gasteiger partial charge on any atom is -0.328 e. The summed E-state index contributed by atoms with van der Waals surface area (Å²) in [6.07, 6.45) is 4.50. The lowest BCUT2D eigenvalue weighted by molar-refractivity contribution is 0.338. The summed E-state index contributed by atoms with van der Waals surface area (Å²) in [5.41, 5.74) is 6.94. The summed E-state index contributed by atoms with van der Waals surface area (Å²) in [7, 11) is 0. The van der Waals surface area contributed by atoms with E-state index in [1.54, 1.807) is 12.1 Å². The SMILES string of the molecule is NC1CCCC(NCc2ccc(F)c(Cl)c2)C1. The standard InChI is InChI=1S/C13H18ClFN2/c14-12-6-9(4-5-13(12)15)8-17-11-3-1-2-10(16)7-11/h4-6,10-11,17H,1-3,7-8,16H2. The lowest BCUT2D eigenvalue weighted by Gasteiger charge is -2.27. The third-order valence-corrected chi connectivity index (χ3v) is 3.58. The molecule has 0 aliphatic heterocycles. The number of hydrogen-bond donors (Lipinski definition) is 2. The molecule has 1 aliphatic rings. The Kier molecular flexibility index (Phi) is 4.37. The van der Waals surface area contributed by atoms with Crippen LogP contribution in [0.15, 0.2) is 18.2 Å². The first-order valence-electron chi connectivity index (χ1n) is 6.08. The Balaban J connectivity index is 1.86. The summed E-state index contributed by atoms with van der Waals surface area (Å²) < 4.78 is 13.0. The third kappa shape index (κ3) is 3.66. The van der Waals surface area contributed by atoms with Crippen LogP contribution in [-0.4, -0.2) is 12.1 Å². The Bertz CT molecular complexity index is 384. The molecule has 0 heterocycles. The van der Waals surface area contributed by atoms with E-state index in [0.29, 0.717) is 12.1 Å². The van der Waals surface area contributed by atoms with Crippen LogP contribution in [0.4, 0.5) is 4.39 Å². The van der Waals surface area contributed by atoms with Gasteiger partial charge in [0.25, 0.3) is 0 Å². The molecule has 2 nitrogen and oxygen atoms in total. The van der Waals surface area contributed by atoms with Crippen LogP contribution < -0.4 is 11.1 Å². The fraction of sp³-hybridized carbons (Fsp3) is 0.538. The van der Waals surface area contributed by atoms with E-state index in [4.69, 9.17) is 17.3 Å². The molecule has 1 fully saturated rings. The molecular weight excluding hydrogens is 239 g/mol. The van der Waals surface area contributed by atoms with Gasteiger partial charge >= 0.3 is 0 Å². The van der Waals surface area contributed by atoms with Gasteiger partial charge in [0.1, 0.15) is 5.82 Å². The van der Waals surface area contributed by atoms with E-state index in [-0.39, 0.29) is 10.8 Å². The Hall–Kier alpha value is -0.640. The normalized spacial score (nSPS) is 24.9. The second-order valence-corrected chi connectivity index (χ2v) is 5.16. The maximum Gasteiger partial charge on any atom is 0.141 e. The van der Waals surface area contributed by atoms with Crippen molar-refractivity contribution >= 4 is 11.6 Å². The number of nitrogens with one attached hydrogen (secondary N) is 1. The van der Waals surface area contributed by atoms with Crippen molar-refractivity contribution in [1.29, 1.82) is 0 Å². The van der Waals surface area contributed by atoms with Crippen LogP contribution in [0.3, 0.4) is 0 Å². The lowest BCUT2D eigenvalue weighted by atomic mass is 9.91. The highest BCUT2D eigenvalue weighted by atomic mass is 35.5. The van der Waals surface area contributed by atoms with Gasteiger partial charge in [0.2, 0.25) is 0 Å². The topological polar surface area (TPSA) is 38.0 Å². The first-order chi connectivity index (χ1) is 8.15. The Morgan fingerprint density at radius 2 is 2.24 bits per heavy atom. The molecule has 2 rings (SSSR count). The molecule has 1 saturated carbocycles. The van der Waals surface area contributed by atoms with E-state index in [1.807, 2.05) is 0 Å². The molecule has 2 atom stereocenters. The molecule has 0 spiro atoms. The van der Waals surface area contributed by atoms with Crippen molar-refractivity contribution in [2.75, 3.05) is 0 Å². The van der Waals surface area contributed by atoms with Crippen LogP contribution in [0, 0.1) is 5.82 Å². The highest BCUT2D eigenvalue weighted by Gasteiger charge is 2.18. The molecule has 3 N–H and O–H groups in total. The van der Waals surface area contributed by atoms with Crippen molar-refractivity contribution in [2.24, 2.45) is 5.73 Å². The zero-order valence-corrected chi connectivity index (χ0v) is 10.5. The maximum absolute atomic E-state index is 13.0. The summed E-state index contributed by atoms with van der Waals surface area (Å²) in [5, 5.41) is 3.64. The molecule has 1 aromatic rings. The Morgan fingerprint density at radius 3 is 2.94 bits per heavy atom. The van der Waals surface area contributed by atoms with Crippen LogP contribution in [0.2, 0.25) is 5.02 Å². The van der Waals surface area contributed by atoms with Crippen LogP contribution in [0.25, 0.3) is 0 Å². The van der Waals surface area contributed by atoms with Crippen LogP contribution >= 0.6 is 11.6 Å². The number of hydrogen-bond acceptors (Lipinski definition) is 2. The van der Waals surface area contributed by atoms with Gasteiger partial charge in [0.05, 0.1) is 5.02 Å². The minimum atomic E-state index is -0.366. The molecule has 0 radical (unpaired) electrons. The number of benzene rings is 1. The molecule has 1 aliphatic carbocycles. The van der Waals surface area contributed by atoms with Gasteiger partial charge in [-0.2, -0.15) is 0 Å². The summed E-state index contributed by atoms with van der Waals surface area (Å²) in [4.78, 5) is 0. The van der Waals surface area contributed by atoms with E-state index in [9.17, 15) is 4.39 Å². The van der Waals surface area contributed by atoms with Crippen molar-refractivity contribution in [3.63, 3.8) is 0 Å². The second kappa shape index (κ2) is 5.80. The fourth-order valence-electron chi connectivity index (χ4n) is 2.32. The van der Waals surface area contributed by atoms with Gasteiger partial charge in [-0.15, -0.1) is 0 Å². The average Bonchev–Trinajstić information content (AvgIpc) is 2.31. The maximum atomic E-state index is 13.0. The predicted octanol–water partition coefficient (Wildman–Crippen LogP) is 2.84. The largest absolute Gasteiger partial charge is 0.328 e. The molecule has 4 heteroatoms. The molecule has 0 amide bonds. The van der Waals surface area contributed by atoms with Crippen molar-refractivity contribution in [3.8, 4) is 0 Å². The van der Waals surface area contributed by atoms with Gasteiger partial charge < -0.3 is 11.1 Å². The minimum absolute atomic E-state index is 0.185. The van der Waals surface area contributed by atoms with Gasteiger partial charge in [-0.25, -0.2) is 4.39 Å². The van der Waals surface area contributed by atoms with E-state index in [1.165, 1.54) is 18.9 Å². The van der Waals surface area contributed by atoms with Crippen molar-refractivity contribution in [1.82, 2.24) is 5.32 Å². The second-order valence-electron chi connectivity index (χ2n) is 4.75. The third-order valence-electron chi connectivity index (χ3n) is 3.29. The summed E-state index contributed by atoms with van der Waals surface area (Å²) in [6.45, 7) is 0.720. The highest BCUT2D eigenvalue weighted by molar-refractivity contribution is 6.30. The lowest BCUT2D eigenvalue weighted by Crippen LogP contribution is -2.39. The van der Waals surface area contributed by atoms with E-state index in [2.05, 4.69) is 5.32 Å². The van der Waals surface area contributed by atoms with Crippen molar-refractivity contribution in [2.45, 2.75) is 44.3 Å². The zero-order chi connectivity index (χ0) is 12.3. The highest BCUT2D eigenvalue weighted by Crippen LogP contribution is 2.19. The first-order valence-corrected chi connectivity index (χ1v) is 6.46.